The van der Waals surface area contributed by atoms with Crippen LogP contribution < -0.4 is 0 Å². The van der Waals surface area contributed by atoms with Gasteiger partial charge in [-0.25, -0.2) is 0 Å². The zero-order valence-electron chi connectivity index (χ0n) is 10.8. The van der Waals surface area contributed by atoms with Crippen LogP contribution in [0.5, 0.6) is 0 Å². The number of hydrogen-bond acceptors (Lipinski definition) is 0. The average Bonchev–Trinajstić information content (AvgIpc) is 1.97. The molecular weight excluding hydrogens is 184 g/mol. The molecule has 0 atom stereocenters. The molecule has 0 aromatic heterocycles. The van der Waals surface area contributed by atoms with Gasteiger partial charge in [0.05, 0.1) is 8.07 Å². The van der Waals surface area contributed by atoms with Crippen LogP contribution >= 0.6 is 0 Å². The van der Waals surface area contributed by atoms with Gasteiger partial charge in [-0.05, 0) is 18.3 Å². The Morgan fingerprint density at radius 3 is 1.79 bits per heavy atom. The minimum Gasteiger partial charge on any atom is -0.103 e. The van der Waals surface area contributed by atoms with Gasteiger partial charge in [-0.2, -0.15) is 0 Å². The van der Waals surface area contributed by atoms with E-state index < -0.39 is 8.07 Å². The van der Waals surface area contributed by atoms with E-state index in [0.29, 0.717) is 0 Å². The molecule has 84 valence electrons. The molecule has 0 fully saturated rings. The van der Waals surface area contributed by atoms with Crippen molar-refractivity contribution in [2.75, 3.05) is 0 Å². The first-order valence-corrected chi connectivity index (χ1v) is 9.12. The molecule has 0 heterocycles. The van der Waals surface area contributed by atoms with Crippen molar-refractivity contribution in [3.05, 3.63) is 12.7 Å². The summed E-state index contributed by atoms with van der Waals surface area (Å²) in [5, 5.41) is 0. The van der Waals surface area contributed by atoms with Gasteiger partial charge in [0, 0.05) is 0 Å². The highest BCUT2D eigenvalue weighted by Gasteiger charge is 2.27. The van der Waals surface area contributed by atoms with Gasteiger partial charge in [-0.15, -0.1) is 6.58 Å². The Morgan fingerprint density at radius 1 is 1.07 bits per heavy atom. The summed E-state index contributed by atoms with van der Waals surface area (Å²) in [6.07, 6.45) is 3.31. The van der Waals surface area contributed by atoms with Crippen molar-refractivity contribution in [2.24, 2.45) is 11.8 Å². The van der Waals surface area contributed by atoms with Gasteiger partial charge in [0.15, 0.2) is 0 Å². The molecule has 0 amide bonds. The van der Waals surface area contributed by atoms with Crippen molar-refractivity contribution in [2.45, 2.75) is 58.8 Å². The normalized spacial score (nSPS) is 12.5. The molecule has 0 unspecified atom stereocenters. The molecule has 0 saturated carbocycles. The summed E-state index contributed by atoms with van der Waals surface area (Å²) in [5.41, 5.74) is 0. The summed E-state index contributed by atoms with van der Waals surface area (Å²) in [6.45, 7) is 15.9. The van der Waals surface area contributed by atoms with Crippen LogP contribution in [-0.2, 0) is 0 Å². The highest BCUT2D eigenvalue weighted by Crippen LogP contribution is 2.30. The van der Waals surface area contributed by atoms with Gasteiger partial charge in [0.25, 0.3) is 0 Å². The lowest BCUT2D eigenvalue weighted by Gasteiger charge is -2.30. The summed E-state index contributed by atoms with van der Waals surface area (Å²) in [5.74, 6) is 1.74. The fourth-order valence-electron chi connectivity index (χ4n) is 2.71. The quantitative estimate of drug-likeness (QED) is 0.413. The Bertz CT molecular complexity index is 149. The van der Waals surface area contributed by atoms with Gasteiger partial charge in [-0.3, -0.25) is 0 Å². The van der Waals surface area contributed by atoms with E-state index in [1.807, 2.05) is 0 Å². The molecule has 0 aromatic rings. The maximum atomic E-state index is 3.84. The van der Waals surface area contributed by atoms with Crippen LogP contribution in [0, 0.1) is 11.8 Å². The predicted octanol–water partition coefficient (Wildman–Crippen LogP) is 4.95. The average molecular weight is 212 g/mol. The van der Waals surface area contributed by atoms with E-state index in [1.54, 1.807) is 0 Å². The Morgan fingerprint density at radius 2 is 1.50 bits per heavy atom. The Balaban J connectivity index is 4.24. The lowest BCUT2D eigenvalue weighted by atomic mass is 10.3. The van der Waals surface area contributed by atoms with E-state index in [4.69, 9.17) is 0 Å². The first kappa shape index (κ1) is 14.0. The molecule has 0 aliphatic rings. The predicted molar refractivity (Wildman–Crippen MR) is 70.5 cm³/mol. The smallest absolute Gasteiger partial charge is 0.0512 e. The monoisotopic (exact) mass is 212 g/mol. The molecule has 0 spiro atoms. The van der Waals surface area contributed by atoms with Gasteiger partial charge in [0.2, 0.25) is 0 Å². The van der Waals surface area contributed by atoms with Gasteiger partial charge in [-0.1, -0.05) is 58.5 Å². The van der Waals surface area contributed by atoms with Crippen LogP contribution in [0.1, 0.15) is 34.1 Å². The molecule has 0 aliphatic heterocycles. The van der Waals surface area contributed by atoms with Crippen LogP contribution in [0.25, 0.3) is 0 Å². The Labute approximate surface area is 91.8 Å². The molecule has 0 radical (unpaired) electrons. The van der Waals surface area contributed by atoms with E-state index >= 15 is 0 Å². The fraction of sp³-hybridized carbons (Fsp3) is 0.846. The van der Waals surface area contributed by atoms with Crippen molar-refractivity contribution in [1.29, 1.82) is 0 Å². The van der Waals surface area contributed by atoms with Gasteiger partial charge >= 0.3 is 0 Å². The summed E-state index contributed by atoms with van der Waals surface area (Å²) >= 11 is 0. The third kappa shape index (κ3) is 6.42. The van der Waals surface area contributed by atoms with E-state index in [2.05, 4.69) is 46.9 Å². The summed E-state index contributed by atoms with van der Waals surface area (Å²) in [7, 11) is -0.968. The Kier molecular flexibility index (Phi) is 6.42. The van der Waals surface area contributed by atoms with Crippen molar-refractivity contribution >= 4 is 8.07 Å². The van der Waals surface area contributed by atoms with Crippen molar-refractivity contribution in [3.63, 3.8) is 0 Å². The second-order valence-corrected chi connectivity index (χ2v) is 10.8. The lowest BCUT2D eigenvalue weighted by molar-refractivity contribution is 0.674. The minimum absolute atomic E-state index is 0.871. The molecule has 0 N–H and O–H groups in total. The maximum absolute atomic E-state index is 3.84. The van der Waals surface area contributed by atoms with Crippen molar-refractivity contribution < 1.29 is 0 Å². The van der Waals surface area contributed by atoms with E-state index in [9.17, 15) is 0 Å². The molecule has 14 heavy (non-hydrogen) atoms. The maximum Gasteiger partial charge on any atom is 0.0512 e. The largest absolute Gasteiger partial charge is 0.103 e. The van der Waals surface area contributed by atoms with Crippen LogP contribution in [-0.4, -0.2) is 8.07 Å². The fourth-order valence-corrected chi connectivity index (χ4v) is 8.13. The molecule has 0 nitrogen and oxygen atoms in total. The third-order valence-corrected chi connectivity index (χ3v) is 7.85. The minimum atomic E-state index is -0.968. The molecule has 0 bridgehead atoms. The number of hydrogen-bond donors (Lipinski definition) is 0. The lowest BCUT2D eigenvalue weighted by Crippen LogP contribution is -2.32. The highest BCUT2D eigenvalue weighted by atomic mass is 28.3. The van der Waals surface area contributed by atoms with E-state index in [1.165, 1.54) is 24.6 Å². The number of allylic oxidation sites excluding steroid dienone is 1. The summed E-state index contributed by atoms with van der Waals surface area (Å²) in [6, 6.07) is 4.41. The molecule has 0 saturated heterocycles. The van der Waals surface area contributed by atoms with Crippen molar-refractivity contribution in [1.82, 2.24) is 0 Å². The topological polar surface area (TPSA) is 0 Å². The molecular formula is C13H28Si. The number of rotatable bonds is 7. The van der Waals surface area contributed by atoms with Crippen LogP contribution in [0.4, 0.5) is 0 Å². The third-order valence-electron chi connectivity index (χ3n) is 2.75. The van der Waals surface area contributed by atoms with Gasteiger partial charge in [0.1, 0.15) is 0 Å². The van der Waals surface area contributed by atoms with Crippen LogP contribution in [0.3, 0.4) is 0 Å². The Hall–Kier alpha value is -0.0431. The standard InChI is InChI=1S/C13H28Si/c1-7-8-9-14(6,10-12(2)3)11-13(4)5/h7,12-13H,1,8-11H2,2-6H3. The van der Waals surface area contributed by atoms with Gasteiger partial charge < -0.3 is 0 Å². The molecule has 0 rings (SSSR count). The zero-order chi connectivity index (χ0) is 11.2. The zero-order valence-corrected chi connectivity index (χ0v) is 11.8. The molecule has 1 heteroatoms. The summed E-state index contributed by atoms with van der Waals surface area (Å²) in [4.78, 5) is 0. The van der Waals surface area contributed by atoms with E-state index in [-0.39, 0.29) is 0 Å². The second kappa shape index (κ2) is 6.44. The first-order chi connectivity index (χ1) is 6.39. The van der Waals surface area contributed by atoms with Crippen LogP contribution in [0.2, 0.25) is 24.7 Å². The summed E-state index contributed by atoms with van der Waals surface area (Å²) < 4.78 is 0. The molecule has 0 aliphatic carbocycles. The SMILES string of the molecule is C=CCC[Si](C)(CC(C)C)CC(C)C. The van der Waals surface area contributed by atoms with Crippen LogP contribution in [0.15, 0.2) is 12.7 Å². The van der Waals surface area contributed by atoms with E-state index in [0.717, 1.165) is 11.8 Å². The molecule has 0 aromatic carbocycles. The second-order valence-electron chi connectivity index (χ2n) is 5.83. The van der Waals surface area contributed by atoms with Crippen molar-refractivity contribution in [3.8, 4) is 0 Å². The first-order valence-electron chi connectivity index (χ1n) is 6.00. The highest BCUT2D eigenvalue weighted by molar-refractivity contribution is 6.78.